The summed E-state index contributed by atoms with van der Waals surface area (Å²) in [5, 5.41) is 14.2. The zero-order valence-electron chi connectivity index (χ0n) is 17.9. The quantitative estimate of drug-likeness (QED) is 0.395. The van der Waals surface area contributed by atoms with E-state index < -0.39 is 10.8 Å². The predicted molar refractivity (Wildman–Crippen MR) is 116 cm³/mol. The second kappa shape index (κ2) is 9.39. The first-order chi connectivity index (χ1) is 15.5. The van der Waals surface area contributed by atoms with Gasteiger partial charge in [0, 0.05) is 57.7 Å². The van der Waals surface area contributed by atoms with Gasteiger partial charge >= 0.3 is 0 Å². The van der Waals surface area contributed by atoms with Gasteiger partial charge in [0.25, 0.3) is 11.6 Å². The van der Waals surface area contributed by atoms with Crippen LogP contribution in [0.5, 0.6) is 0 Å². The average molecular weight is 442 g/mol. The molecule has 2 atom stereocenters. The molecule has 1 aromatic heterocycles. The number of furan rings is 1. The fourth-order valence-electron chi connectivity index (χ4n) is 4.52. The Morgan fingerprint density at radius 2 is 2.16 bits per heavy atom. The number of non-ortho nitro benzene ring substituents is 1. The van der Waals surface area contributed by atoms with Gasteiger partial charge in [0.15, 0.2) is 5.76 Å². The summed E-state index contributed by atoms with van der Waals surface area (Å²) in [5.74, 6) is -0.506. The Hall–Kier alpha value is -3.40. The van der Waals surface area contributed by atoms with Crippen molar-refractivity contribution in [3.63, 3.8) is 0 Å². The van der Waals surface area contributed by atoms with E-state index in [4.69, 9.17) is 9.15 Å². The second-order valence-electron chi connectivity index (χ2n) is 8.01. The van der Waals surface area contributed by atoms with Crippen LogP contribution in [0.15, 0.2) is 41.0 Å². The number of carbonyl (C=O) groups excluding carboxylic acids is 2. The molecular formula is C22H26N4O6. The number of nitro benzene ring substituents is 1. The summed E-state index contributed by atoms with van der Waals surface area (Å²) >= 11 is 0. The number of nitrogens with zero attached hydrogens (tertiary/aromatic N) is 3. The van der Waals surface area contributed by atoms with Gasteiger partial charge in [-0.25, -0.2) is 0 Å². The lowest BCUT2D eigenvalue weighted by Gasteiger charge is -2.48. The molecule has 0 bridgehead atoms. The molecule has 10 nitrogen and oxygen atoms in total. The van der Waals surface area contributed by atoms with Crippen molar-refractivity contribution in [3.05, 3.63) is 58.0 Å². The molecule has 0 unspecified atom stereocenters. The van der Waals surface area contributed by atoms with Crippen LogP contribution in [0.25, 0.3) is 0 Å². The predicted octanol–water partition coefficient (Wildman–Crippen LogP) is 1.84. The molecule has 1 N–H and O–H groups in total. The van der Waals surface area contributed by atoms with Gasteiger partial charge in [0.05, 0.1) is 23.1 Å². The highest BCUT2D eigenvalue weighted by atomic mass is 16.6. The van der Waals surface area contributed by atoms with Gasteiger partial charge in [-0.3, -0.25) is 19.7 Å². The standard InChI is InChI=1S/C22H26N4O6/c1-31-10-3-7-23-21(27)17-13-15-12-16(26(29)30)5-6-18(15)25-9-8-24(14-19(17)25)22(28)20-4-2-11-32-20/h2,4-6,11-12,17,19H,3,7-10,13-14H2,1H3,(H,23,27)/t17-,19-/m0/s1. The molecule has 0 aliphatic carbocycles. The maximum atomic E-state index is 13.1. The molecule has 2 amide bonds. The summed E-state index contributed by atoms with van der Waals surface area (Å²) in [6.45, 7) is 2.38. The first-order valence-corrected chi connectivity index (χ1v) is 10.6. The Morgan fingerprint density at radius 3 is 2.88 bits per heavy atom. The Kier molecular flexibility index (Phi) is 6.40. The normalized spacial score (nSPS) is 19.8. The van der Waals surface area contributed by atoms with E-state index in [1.165, 1.54) is 12.3 Å². The molecule has 2 aliphatic heterocycles. The Morgan fingerprint density at radius 1 is 1.31 bits per heavy atom. The van der Waals surface area contributed by atoms with E-state index >= 15 is 0 Å². The van der Waals surface area contributed by atoms with Crippen LogP contribution in [0.1, 0.15) is 22.5 Å². The number of piperazine rings is 1. The number of benzene rings is 1. The van der Waals surface area contributed by atoms with Crippen LogP contribution < -0.4 is 10.2 Å². The smallest absolute Gasteiger partial charge is 0.289 e. The van der Waals surface area contributed by atoms with Crippen LogP contribution in [0, 0.1) is 16.0 Å². The molecule has 3 heterocycles. The van der Waals surface area contributed by atoms with Crippen LogP contribution in [0.3, 0.4) is 0 Å². The SMILES string of the molecule is COCCCNC(=O)[C@H]1Cc2cc([N+](=O)[O-])ccc2N2CCN(C(=O)c3ccco3)C[C@@H]12. The van der Waals surface area contributed by atoms with Crippen molar-refractivity contribution in [2.45, 2.75) is 18.9 Å². The van der Waals surface area contributed by atoms with Crippen molar-refractivity contribution in [2.75, 3.05) is 44.8 Å². The van der Waals surface area contributed by atoms with Crippen LogP contribution in [0.2, 0.25) is 0 Å². The highest BCUT2D eigenvalue weighted by Gasteiger charge is 2.43. The van der Waals surface area contributed by atoms with Crippen molar-refractivity contribution >= 4 is 23.2 Å². The van der Waals surface area contributed by atoms with Gasteiger partial charge in [0.2, 0.25) is 5.91 Å². The minimum Gasteiger partial charge on any atom is -0.459 e. The van der Waals surface area contributed by atoms with Gasteiger partial charge < -0.3 is 24.3 Å². The van der Waals surface area contributed by atoms with E-state index in [1.54, 1.807) is 36.3 Å². The molecule has 1 saturated heterocycles. The average Bonchev–Trinajstić information content (AvgIpc) is 3.35. The molecule has 4 rings (SSSR count). The summed E-state index contributed by atoms with van der Waals surface area (Å²) < 4.78 is 10.3. The zero-order valence-corrected chi connectivity index (χ0v) is 17.9. The van der Waals surface area contributed by atoms with Crippen molar-refractivity contribution in [2.24, 2.45) is 5.92 Å². The Bertz CT molecular complexity index is 992. The molecule has 0 radical (unpaired) electrons. The molecule has 32 heavy (non-hydrogen) atoms. The number of anilines is 1. The number of fused-ring (bicyclic) bond motifs is 3. The first-order valence-electron chi connectivity index (χ1n) is 10.6. The van der Waals surface area contributed by atoms with E-state index in [2.05, 4.69) is 10.2 Å². The van der Waals surface area contributed by atoms with Gasteiger partial charge in [-0.1, -0.05) is 0 Å². The largest absolute Gasteiger partial charge is 0.459 e. The van der Waals surface area contributed by atoms with E-state index in [1.807, 2.05) is 0 Å². The van der Waals surface area contributed by atoms with E-state index in [0.717, 1.165) is 11.3 Å². The van der Waals surface area contributed by atoms with E-state index in [9.17, 15) is 19.7 Å². The molecular weight excluding hydrogens is 416 g/mol. The third-order valence-corrected chi connectivity index (χ3v) is 6.09. The van der Waals surface area contributed by atoms with Gasteiger partial charge in [-0.2, -0.15) is 0 Å². The lowest BCUT2D eigenvalue weighted by atomic mass is 9.83. The van der Waals surface area contributed by atoms with E-state index in [-0.39, 0.29) is 29.3 Å². The topological polar surface area (TPSA) is 118 Å². The van der Waals surface area contributed by atoms with Crippen LogP contribution in [-0.2, 0) is 16.0 Å². The van der Waals surface area contributed by atoms with Crippen molar-refractivity contribution in [3.8, 4) is 0 Å². The maximum Gasteiger partial charge on any atom is 0.289 e. The fourth-order valence-corrected chi connectivity index (χ4v) is 4.52. The summed E-state index contributed by atoms with van der Waals surface area (Å²) in [4.78, 5) is 40.6. The lowest BCUT2D eigenvalue weighted by molar-refractivity contribution is -0.384. The van der Waals surface area contributed by atoms with Crippen molar-refractivity contribution in [1.82, 2.24) is 10.2 Å². The Labute approximate surface area is 185 Å². The minimum atomic E-state index is -0.445. The van der Waals surface area contributed by atoms with Crippen molar-refractivity contribution in [1.29, 1.82) is 0 Å². The second-order valence-corrected chi connectivity index (χ2v) is 8.01. The number of nitro groups is 1. The number of methoxy groups -OCH3 is 1. The number of ether oxygens (including phenoxy) is 1. The first kappa shape index (κ1) is 21.8. The fraction of sp³-hybridized carbons (Fsp3) is 0.455. The number of rotatable bonds is 7. The number of hydrogen-bond acceptors (Lipinski definition) is 7. The van der Waals surface area contributed by atoms with Gasteiger partial charge in [0.1, 0.15) is 0 Å². The Balaban J connectivity index is 1.59. The highest BCUT2D eigenvalue weighted by Crippen LogP contribution is 2.38. The van der Waals surface area contributed by atoms with Gasteiger partial charge in [-0.15, -0.1) is 0 Å². The summed E-state index contributed by atoms with van der Waals surface area (Å²) in [6.07, 6.45) is 2.52. The molecule has 0 saturated carbocycles. The molecule has 0 spiro atoms. The third-order valence-electron chi connectivity index (χ3n) is 6.09. The monoisotopic (exact) mass is 442 g/mol. The molecule has 2 aliphatic rings. The maximum absolute atomic E-state index is 13.1. The molecule has 2 aromatic rings. The molecule has 1 aromatic carbocycles. The molecule has 1 fully saturated rings. The third kappa shape index (κ3) is 4.31. The lowest BCUT2D eigenvalue weighted by Crippen LogP contribution is -2.62. The van der Waals surface area contributed by atoms with Crippen LogP contribution in [-0.4, -0.2) is 67.6 Å². The number of amides is 2. The van der Waals surface area contributed by atoms with Crippen molar-refractivity contribution < 1.29 is 23.7 Å². The highest BCUT2D eigenvalue weighted by molar-refractivity contribution is 5.92. The summed E-state index contributed by atoms with van der Waals surface area (Å²) in [7, 11) is 1.61. The summed E-state index contributed by atoms with van der Waals surface area (Å²) in [6, 6.07) is 7.85. The number of carbonyl (C=O) groups is 2. The number of nitrogens with one attached hydrogen (secondary N) is 1. The minimum absolute atomic E-state index is 0.00749. The van der Waals surface area contributed by atoms with Gasteiger partial charge in [-0.05, 0) is 36.6 Å². The number of hydrogen-bond donors (Lipinski definition) is 1. The van der Waals surface area contributed by atoms with E-state index in [0.29, 0.717) is 45.6 Å². The zero-order chi connectivity index (χ0) is 22.7. The molecule has 170 valence electrons. The summed E-state index contributed by atoms with van der Waals surface area (Å²) in [5.41, 5.74) is 1.67. The van der Waals surface area contributed by atoms with Crippen LogP contribution >= 0.6 is 0 Å². The molecule has 10 heteroatoms. The van der Waals surface area contributed by atoms with Crippen LogP contribution in [0.4, 0.5) is 11.4 Å².